The van der Waals surface area contributed by atoms with Crippen LogP contribution in [0.3, 0.4) is 0 Å². The molecule has 0 heterocycles. The van der Waals surface area contributed by atoms with E-state index in [-0.39, 0.29) is 29.7 Å². The van der Waals surface area contributed by atoms with E-state index >= 15 is 0 Å². The summed E-state index contributed by atoms with van der Waals surface area (Å²) < 4.78 is 26.8. The molecular weight excluding hydrogens is 522 g/mol. The highest BCUT2D eigenvalue weighted by Crippen LogP contribution is 2.17. The van der Waals surface area contributed by atoms with Crippen molar-refractivity contribution in [2.45, 2.75) is 50.6 Å². The van der Waals surface area contributed by atoms with Gasteiger partial charge in [0.2, 0.25) is 21.8 Å². The van der Waals surface area contributed by atoms with Gasteiger partial charge in [-0.15, -0.1) is 0 Å². The molecule has 2 amide bonds. The van der Waals surface area contributed by atoms with Crippen LogP contribution < -0.4 is 10.0 Å². The van der Waals surface area contributed by atoms with Crippen molar-refractivity contribution in [3.05, 3.63) is 101 Å². The lowest BCUT2D eigenvalue weighted by atomic mass is 10.1. The Bertz CT molecular complexity index is 1300. The quantitative estimate of drug-likeness (QED) is 0.328. The number of halogens is 1. The maximum absolute atomic E-state index is 13.4. The zero-order valence-corrected chi connectivity index (χ0v) is 23.3. The molecule has 0 radical (unpaired) electrons. The van der Waals surface area contributed by atoms with Gasteiger partial charge in [-0.3, -0.25) is 9.59 Å². The van der Waals surface area contributed by atoms with E-state index < -0.39 is 16.1 Å². The average molecular weight is 556 g/mol. The van der Waals surface area contributed by atoms with Gasteiger partial charge < -0.3 is 10.2 Å². The second-order valence-corrected chi connectivity index (χ2v) is 11.2. The molecule has 0 saturated carbocycles. The van der Waals surface area contributed by atoms with Gasteiger partial charge >= 0.3 is 0 Å². The number of carbonyl (C=O) groups is 2. The summed E-state index contributed by atoms with van der Waals surface area (Å²) in [5, 5.41) is 3.54. The molecule has 0 fully saturated rings. The lowest BCUT2D eigenvalue weighted by Gasteiger charge is -2.29. The smallest absolute Gasteiger partial charge is 0.242 e. The Hall–Kier alpha value is -3.20. The van der Waals surface area contributed by atoms with Crippen LogP contribution in [0.25, 0.3) is 0 Å². The van der Waals surface area contributed by atoms with Crippen LogP contribution in [-0.2, 0) is 39.0 Å². The van der Waals surface area contributed by atoms with E-state index in [1.165, 1.54) is 12.1 Å². The standard InChI is InChI=1S/C29H34ClN3O4S/c1-3-32-38(36,37)27-16-11-24(12-17-27)13-18-28(34)33(21-25-9-14-26(30)15-10-25)22(2)29(35)31-20-19-23-7-5-4-6-8-23/h4-12,14-17,22,32H,3,13,18-21H2,1-2H3,(H,31,35)/t22-/m0/s1. The SMILES string of the molecule is CCNS(=O)(=O)c1ccc(CCC(=O)N(Cc2ccc(Cl)cc2)[C@@H](C)C(=O)NCCc2ccccc2)cc1. The predicted molar refractivity (Wildman–Crippen MR) is 150 cm³/mol. The number of aryl methyl sites for hydroxylation is 1. The van der Waals surface area contributed by atoms with E-state index in [2.05, 4.69) is 10.0 Å². The van der Waals surface area contributed by atoms with Crippen LogP contribution in [0, 0.1) is 0 Å². The molecule has 0 saturated heterocycles. The largest absolute Gasteiger partial charge is 0.354 e. The summed E-state index contributed by atoms with van der Waals surface area (Å²) in [6, 6.07) is 22.9. The summed E-state index contributed by atoms with van der Waals surface area (Å²) in [5.41, 5.74) is 2.82. The minimum Gasteiger partial charge on any atom is -0.354 e. The van der Waals surface area contributed by atoms with Crippen molar-refractivity contribution in [1.29, 1.82) is 0 Å². The van der Waals surface area contributed by atoms with Crippen LogP contribution in [0.1, 0.15) is 37.0 Å². The first-order valence-corrected chi connectivity index (χ1v) is 14.5. The fourth-order valence-corrected chi connectivity index (χ4v) is 5.16. The topological polar surface area (TPSA) is 95.6 Å². The molecule has 0 unspecified atom stereocenters. The van der Waals surface area contributed by atoms with Crippen molar-refractivity contribution >= 4 is 33.4 Å². The summed E-state index contributed by atoms with van der Waals surface area (Å²) in [6.07, 6.45) is 1.29. The molecule has 0 spiro atoms. The highest BCUT2D eigenvalue weighted by Gasteiger charge is 2.26. The average Bonchev–Trinajstić information content (AvgIpc) is 2.91. The molecule has 3 aromatic rings. The van der Waals surface area contributed by atoms with Crippen LogP contribution in [0.2, 0.25) is 5.02 Å². The molecule has 0 aromatic heterocycles. The Labute approximate surface area is 230 Å². The van der Waals surface area contributed by atoms with Crippen molar-refractivity contribution in [3.8, 4) is 0 Å². The first-order valence-electron chi connectivity index (χ1n) is 12.6. The van der Waals surface area contributed by atoms with E-state index in [4.69, 9.17) is 11.6 Å². The zero-order valence-electron chi connectivity index (χ0n) is 21.7. The van der Waals surface area contributed by atoms with Crippen LogP contribution in [-0.4, -0.2) is 44.3 Å². The molecular formula is C29H34ClN3O4S. The summed E-state index contributed by atoms with van der Waals surface area (Å²) in [5.74, 6) is -0.392. The summed E-state index contributed by atoms with van der Waals surface area (Å²) in [4.78, 5) is 28.1. The molecule has 0 aliphatic heterocycles. The lowest BCUT2D eigenvalue weighted by molar-refractivity contribution is -0.140. The van der Waals surface area contributed by atoms with E-state index in [1.807, 2.05) is 42.5 Å². The maximum atomic E-state index is 13.4. The number of carbonyl (C=O) groups excluding carboxylic acids is 2. The predicted octanol–water partition coefficient (Wildman–Crippen LogP) is 4.35. The third-order valence-corrected chi connectivity index (χ3v) is 8.00. The minimum atomic E-state index is -3.53. The zero-order chi connectivity index (χ0) is 27.5. The third-order valence-electron chi connectivity index (χ3n) is 6.18. The van der Waals surface area contributed by atoms with Gasteiger partial charge in [-0.05, 0) is 60.7 Å². The van der Waals surface area contributed by atoms with Crippen molar-refractivity contribution < 1.29 is 18.0 Å². The molecule has 7 nitrogen and oxygen atoms in total. The van der Waals surface area contributed by atoms with Crippen molar-refractivity contribution in [2.24, 2.45) is 0 Å². The molecule has 1 atom stereocenters. The summed E-state index contributed by atoms with van der Waals surface area (Å²) in [6.45, 7) is 4.49. The highest BCUT2D eigenvalue weighted by atomic mass is 35.5. The number of amides is 2. The fraction of sp³-hybridized carbons (Fsp3) is 0.310. The van der Waals surface area contributed by atoms with E-state index in [9.17, 15) is 18.0 Å². The van der Waals surface area contributed by atoms with Gasteiger partial charge in [-0.25, -0.2) is 13.1 Å². The normalized spacial score (nSPS) is 12.1. The van der Waals surface area contributed by atoms with Gasteiger partial charge in [0, 0.05) is 31.1 Å². The molecule has 0 aliphatic carbocycles. The number of rotatable bonds is 13. The van der Waals surface area contributed by atoms with E-state index in [0.29, 0.717) is 31.0 Å². The molecule has 202 valence electrons. The van der Waals surface area contributed by atoms with Gasteiger partial charge in [0.25, 0.3) is 0 Å². The molecule has 38 heavy (non-hydrogen) atoms. The number of nitrogens with zero attached hydrogens (tertiary/aromatic N) is 1. The van der Waals surface area contributed by atoms with Crippen LogP contribution in [0.4, 0.5) is 0 Å². The third kappa shape index (κ3) is 8.68. The van der Waals surface area contributed by atoms with Gasteiger partial charge in [0.1, 0.15) is 6.04 Å². The summed E-state index contributed by atoms with van der Waals surface area (Å²) in [7, 11) is -3.53. The second kappa shape index (κ2) is 14.1. The van der Waals surface area contributed by atoms with Crippen LogP contribution in [0.15, 0.2) is 83.8 Å². The lowest BCUT2D eigenvalue weighted by Crippen LogP contribution is -2.48. The maximum Gasteiger partial charge on any atom is 0.242 e. The number of hydrogen-bond donors (Lipinski definition) is 2. The molecule has 3 rings (SSSR count). The van der Waals surface area contributed by atoms with Crippen LogP contribution >= 0.6 is 11.6 Å². The Morgan fingerprint density at radius 1 is 0.868 bits per heavy atom. The first-order chi connectivity index (χ1) is 18.2. The fourth-order valence-electron chi connectivity index (χ4n) is 4.00. The molecule has 3 aromatic carbocycles. The first kappa shape index (κ1) is 29.4. The Kier molecular flexibility index (Phi) is 10.9. The number of sulfonamides is 1. The summed E-state index contributed by atoms with van der Waals surface area (Å²) >= 11 is 6.02. The molecule has 2 N–H and O–H groups in total. The van der Waals surface area contributed by atoms with Gasteiger partial charge in [-0.2, -0.15) is 0 Å². The minimum absolute atomic E-state index is 0.171. The molecule has 9 heteroatoms. The molecule has 0 aliphatic rings. The van der Waals surface area contributed by atoms with Crippen molar-refractivity contribution in [2.75, 3.05) is 13.1 Å². The number of hydrogen-bond acceptors (Lipinski definition) is 4. The van der Waals surface area contributed by atoms with Gasteiger partial charge in [0.05, 0.1) is 4.90 Å². The number of benzene rings is 3. The van der Waals surface area contributed by atoms with E-state index in [1.54, 1.807) is 43.0 Å². The molecule has 0 bridgehead atoms. The monoisotopic (exact) mass is 555 g/mol. The van der Waals surface area contributed by atoms with Gasteiger partial charge in [-0.1, -0.05) is 73.1 Å². The number of nitrogens with one attached hydrogen (secondary N) is 2. The second-order valence-electron chi connectivity index (χ2n) is 9.00. The van der Waals surface area contributed by atoms with E-state index in [0.717, 1.165) is 16.7 Å². The Morgan fingerprint density at radius 3 is 2.11 bits per heavy atom. The van der Waals surface area contributed by atoms with Crippen LogP contribution in [0.5, 0.6) is 0 Å². The van der Waals surface area contributed by atoms with Crippen molar-refractivity contribution in [3.63, 3.8) is 0 Å². The highest BCUT2D eigenvalue weighted by molar-refractivity contribution is 7.89. The van der Waals surface area contributed by atoms with Gasteiger partial charge in [0.15, 0.2) is 0 Å². The Balaban J connectivity index is 1.66. The Morgan fingerprint density at radius 2 is 1.47 bits per heavy atom. The van der Waals surface area contributed by atoms with Crippen molar-refractivity contribution in [1.82, 2.24) is 14.9 Å².